The molecule has 0 atom stereocenters. The van der Waals surface area contributed by atoms with Gasteiger partial charge in [-0.2, -0.15) is 11.8 Å². The number of rotatable bonds is 7. The number of nitrogens with one attached hydrogen (secondary N) is 1. The van der Waals surface area contributed by atoms with Crippen LogP contribution in [0, 0.1) is 5.92 Å². The smallest absolute Gasteiger partial charge is 0.227 e. The van der Waals surface area contributed by atoms with E-state index in [1.165, 1.54) is 12.2 Å². The number of aromatic nitrogens is 1. The highest BCUT2D eigenvalue weighted by Crippen LogP contribution is 2.24. The number of anilines is 1. The zero-order valence-electron chi connectivity index (χ0n) is 14.6. The number of piperidine rings is 1. The number of nitrogens with zero attached hydrogens (tertiary/aromatic N) is 2. The molecule has 134 valence electrons. The van der Waals surface area contributed by atoms with E-state index >= 15 is 0 Å². The molecule has 0 spiro atoms. The second kappa shape index (κ2) is 9.36. The number of carbonyl (C=O) groups excluding carboxylic acids is 1. The van der Waals surface area contributed by atoms with Gasteiger partial charge in [-0.05, 0) is 63.0 Å². The van der Waals surface area contributed by atoms with Crippen LogP contribution in [0.15, 0.2) is 35.2 Å². The topological polar surface area (TPSA) is 45.2 Å². The predicted molar refractivity (Wildman–Crippen MR) is 108 cm³/mol. The molecule has 1 N–H and O–H groups in total. The van der Waals surface area contributed by atoms with Crippen molar-refractivity contribution < 1.29 is 4.79 Å². The Morgan fingerprint density at radius 2 is 2.24 bits per heavy atom. The molecular formula is C19H25N3OS2. The molecule has 0 saturated carbocycles. The number of carbonyl (C=O) groups is 1. The summed E-state index contributed by atoms with van der Waals surface area (Å²) in [4.78, 5) is 19.4. The molecule has 1 aromatic heterocycles. The summed E-state index contributed by atoms with van der Waals surface area (Å²) in [6.07, 6.45) is 5.30. The van der Waals surface area contributed by atoms with E-state index < -0.39 is 0 Å². The van der Waals surface area contributed by atoms with Crippen molar-refractivity contribution in [2.24, 2.45) is 5.92 Å². The van der Waals surface area contributed by atoms with Gasteiger partial charge in [0.15, 0.2) is 0 Å². The first-order valence-electron chi connectivity index (χ1n) is 8.77. The minimum Gasteiger partial charge on any atom is -0.326 e. The molecule has 3 rings (SSSR count). The second-order valence-corrected chi connectivity index (χ2v) is 8.11. The van der Waals surface area contributed by atoms with E-state index in [0.29, 0.717) is 0 Å². The van der Waals surface area contributed by atoms with Gasteiger partial charge in [-0.1, -0.05) is 12.1 Å². The molecule has 0 radical (unpaired) electrons. The van der Waals surface area contributed by atoms with Crippen LogP contribution in [0.3, 0.4) is 0 Å². The molecule has 1 aliphatic heterocycles. The zero-order valence-corrected chi connectivity index (χ0v) is 16.2. The lowest BCUT2D eigenvalue weighted by molar-refractivity contribution is -0.121. The molecule has 0 bridgehead atoms. The summed E-state index contributed by atoms with van der Waals surface area (Å²) in [6.45, 7) is 3.22. The number of hydrogen-bond acceptors (Lipinski definition) is 5. The molecular weight excluding hydrogens is 350 g/mol. The molecule has 6 heteroatoms. The van der Waals surface area contributed by atoms with Crippen molar-refractivity contribution in [1.29, 1.82) is 0 Å². The molecule has 1 fully saturated rings. The van der Waals surface area contributed by atoms with Crippen LogP contribution in [0.25, 0.3) is 11.3 Å². The van der Waals surface area contributed by atoms with Crippen LogP contribution < -0.4 is 5.32 Å². The molecule has 0 unspecified atom stereocenters. The first-order valence-corrected chi connectivity index (χ1v) is 11.1. The molecule has 1 aromatic carbocycles. The second-order valence-electron chi connectivity index (χ2n) is 6.41. The number of likely N-dealkylation sites (tertiary alicyclic amines) is 1. The molecule has 1 aliphatic rings. The van der Waals surface area contributed by atoms with E-state index in [-0.39, 0.29) is 11.8 Å². The van der Waals surface area contributed by atoms with Crippen LogP contribution in [-0.2, 0) is 4.79 Å². The average Bonchev–Trinajstić information content (AvgIpc) is 3.17. The summed E-state index contributed by atoms with van der Waals surface area (Å²) in [5.74, 6) is 1.49. The van der Waals surface area contributed by atoms with E-state index in [2.05, 4.69) is 21.5 Å². The third-order valence-corrected chi connectivity index (χ3v) is 5.92. The summed E-state index contributed by atoms with van der Waals surface area (Å²) < 4.78 is 0. The quantitative estimate of drug-likeness (QED) is 0.736. The Morgan fingerprint density at radius 3 is 2.96 bits per heavy atom. The molecule has 1 amide bonds. The third-order valence-electron chi connectivity index (χ3n) is 4.64. The van der Waals surface area contributed by atoms with Gasteiger partial charge in [-0.15, -0.1) is 11.3 Å². The lowest BCUT2D eigenvalue weighted by atomic mass is 9.95. The van der Waals surface area contributed by atoms with Crippen LogP contribution in [0.5, 0.6) is 0 Å². The highest BCUT2D eigenvalue weighted by atomic mass is 32.2. The third kappa shape index (κ3) is 5.30. The molecule has 4 nitrogen and oxygen atoms in total. The van der Waals surface area contributed by atoms with Crippen LogP contribution in [0.1, 0.15) is 19.3 Å². The SMILES string of the molecule is CSCCCN1CCC(C(=O)Nc2cccc(-c3cscn3)c2)CC1. The number of amides is 1. The maximum atomic E-state index is 12.6. The van der Waals surface area contributed by atoms with E-state index in [0.717, 1.165) is 49.4 Å². The van der Waals surface area contributed by atoms with Crippen LogP contribution >= 0.6 is 23.1 Å². The maximum Gasteiger partial charge on any atom is 0.227 e. The number of thiazole rings is 1. The first kappa shape index (κ1) is 18.4. The minimum atomic E-state index is 0.125. The van der Waals surface area contributed by atoms with Gasteiger partial charge < -0.3 is 10.2 Å². The van der Waals surface area contributed by atoms with Crippen molar-refractivity contribution in [2.75, 3.05) is 37.0 Å². The van der Waals surface area contributed by atoms with Crippen molar-refractivity contribution in [3.05, 3.63) is 35.2 Å². The lowest BCUT2D eigenvalue weighted by Crippen LogP contribution is -2.38. The van der Waals surface area contributed by atoms with Gasteiger partial charge in [-0.3, -0.25) is 4.79 Å². The van der Waals surface area contributed by atoms with E-state index in [1.54, 1.807) is 11.3 Å². The summed E-state index contributed by atoms with van der Waals surface area (Å²) in [5.41, 5.74) is 4.69. The fourth-order valence-electron chi connectivity index (χ4n) is 3.21. The summed E-state index contributed by atoms with van der Waals surface area (Å²) in [6, 6.07) is 7.95. The minimum absolute atomic E-state index is 0.125. The fraction of sp³-hybridized carbons (Fsp3) is 0.474. The van der Waals surface area contributed by atoms with Crippen LogP contribution in [0.4, 0.5) is 5.69 Å². The first-order chi connectivity index (χ1) is 12.3. The maximum absolute atomic E-state index is 12.6. The van der Waals surface area contributed by atoms with Gasteiger partial charge in [0.25, 0.3) is 0 Å². The normalized spacial score (nSPS) is 16.0. The molecule has 25 heavy (non-hydrogen) atoms. The summed E-state index contributed by atoms with van der Waals surface area (Å²) in [7, 11) is 0. The van der Waals surface area contributed by atoms with Gasteiger partial charge in [0.2, 0.25) is 5.91 Å². The van der Waals surface area contributed by atoms with E-state index in [1.807, 2.05) is 46.9 Å². The highest BCUT2D eigenvalue weighted by molar-refractivity contribution is 7.98. The predicted octanol–water partition coefficient (Wildman–Crippen LogP) is 4.21. The fourth-order valence-corrected chi connectivity index (χ4v) is 4.19. The Kier molecular flexibility index (Phi) is 6.90. The number of benzene rings is 1. The van der Waals surface area contributed by atoms with Crippen molar-refractivity contribution in [2.45, 2.75) is 19.3 Å². The Morgan fingerprint density at radius 1 is 1.40 bits per heavy atom. The molecule has 0 aliphatic carbocycles. The van der Waals surface area contributed by atoms with Gasteiger partial charge in [0.1, 0.15) is 0 Å². The zero-order chi connectivity index (χ0) is 17.5. The highest BCUT2D eigenvalue weighted by Gasteiger charge is 2.24. The average molecular weight is 376 g/mol. The van der Waals surface area contributed by atoms with Gasteiger partial charge in [0.05, 0.1) is 11.2 Å². The molecule has 2 aromatic rings. The lowest BCUT2D eigenvalue weighted by Gasteiger charge is -2.31. The van der Waals surface area contributed by atoms with Crippen molar-refractivity contribution in [3.63, 3.8) is 0 Å². The largest absolute Gasteiger partial charge is 0.326 e. The Labute approximate surface area is 158 Å². The van der Waals surface area contributed by atoms with Gasteiger partial charge in [0, 0.05) is 22.5 Å². The number of hydrogen-bond donors (Lipinski definition) is 1. The van der Waals surface area contributed by atoms with E-state index in [4.69, 9.17) is 0 Å². The molecule has 2 heterocycles. The Balaban J connectivity index is 1.51. The summed E-state index contributed by atoms with van der Waals surface area (Å²) >= 11 is 3.48. The monoisotopic (exact) mass is 375 g/mol. The van der Waals surface area contributed by atoms with Crippen molar-refractivity contribution >= 4 is 34.7 Å². The van der Waals surface area contributed by atoms with Crippen molar-refractivity contribution in [1.82, 2.24) is 9.88 Å². The molecule has 1 saturated heterocycles. The Hall–Kier alpha value is -1.37. The van der Waals surface area contributed by atoms with Gasteiger partial charge >= 0.3 is 0 Å². The standard InChI is InChI=1S/C19H25N3OS2/c1-24-11-3-8-22-9-6-15(7-10-22)19(23)21-17-5-2-4-16(12-17)18-13-25-14-20-18/h2,4-5,12-15H,3,6-11H2,1H3,(H,21,23). The Bertz CT molecular complexity index is 667. The van der Waals surface area contributed by atoms with Crippen molar-refractivity contribution in [3.8, 4) is 11.3 Å². The van der Waals surface area contributed by atoms with Gasteiger partial charge in [-0.25, -0.2) is 4.98 Å². The van der Waals surface area contributed by atoms with Crippen LogP contribution in [-0.4, -0.2) is 47.4 Å². The summed E-state index contributed by atoms with van der Waals surface area (Å²) in [5, 5.41) is 5.12. The number of thioether (sulfide) groups is 1. The van der Waals surface area contributed by atoms with E-state index in [9.17, 15) is 4.79 Å². The van der Waals surface area contributed by atoms with Crippen LogP contribution in [0.2, 0.25) is 0 Å².